The average molecular weight is 292 g/mol. The minimum atomic E-state index is 0.572. The summed E-state index contributed by atoms with van der Waals surface area (Å²) in [5, 5.41) is 12.6. The first-order valence-corrected chi connectivity index (χ1v) is 6.60. The number of H-pyrrole nitrogens is 1. The van der Waals surface area contributed by atoms with Crippen LogP contribution in [0.2, 0.25) is 10.0 Å². The van der Waals surface area contributed by atoms with Gasteiger partial charge < -0.3 is 5.32 Å². The number of nitrogens with one attached hydrogen (secondary N) is 2. The monoisotopic (exact) mass is 291 g/mol. The van der Waals surface area contributed by atoms with Crippen LogP contribution in [0.1, 0.15) is 5.56 Å². The molecule has 3 rings (SSSR count). The lowest BCUT2D eigenvalue weighted by molar-refractivity contribution is 1.12. The molecule has 1 heterocycles. The summed E-state index contributed by atoms with van der Waals surface area (Å²) in [6, 6.07) is 11.6. The average Bonchev–Trinajstić information content (AvgIpc) is 2.89. The second kappa shape index (κ2) is 5.11. The van der Waals surface area contributed by atoms with Gasteiger partial charge in [0.05, 0.1) is 21.8 Å². The fourth-order valence-electron chi connectivity index (χ4n) is 2.00. The van der Waals surface area contributed by atoms with Crippen molar-refractivity contribution in [2.75, 3.05) is 5.32 Å². The zero-order valence-electron chi connectivity index (χ0n) is 9.95. The van der Waals surface area contributed by atoms with Crippen molar-refractivity contribution in [1.29, 1.82) is 0 Å². The van der Waals surface area contributed by atoms with Crippen molar-refractivity contribution < 1.29 is 0 Å². The Bertz CT molecular complexity index is 722. The molecule has 0 saturated carbocycles. The molecule has 0 amide bonds. The molecule has 5 heteroatoms. The number of hydrogen-bond acceptors (Lipinski definition) is 2. The molecule has 0 aliphatic rings. The molecule has 0 atom stereocenters. The Kier molecular flexibility index (Phi) is 3.32. The number of anilines is 1. The fourth-order valence-corrected chi connectivity index (χ4v) is 2.38. The Hall–Kier alpha value is -1.71. The standard InChI is InChI=1S/C14H11Cl2N3/c15-11-4-1-3-9(14(11)16)7-17-12-5-2-6-13-10(12)8-18-19-13/h1-6,8,17H,7H2,(H,18,19). The van der Waals surface area contributed by atoms with Crippen molar-refractivity contribution in [1.82, 2.24) is 10.2 Å². The maximum Gasteiger partial charge on any atom is 0.0671 e. The molecule has 0 unspecified atom stereocenters. The minimum absolute atomic E-state index is 0.572. The van der Waals surface area contributed by atoms with Gasteiger partial charge in [-0.1, -0.05) is 41.4 Å². The largest absolute Gasteiger partial charge is 0.380 e. The third-order valence-electron chi connectivity index (χ3n) is 2.99. The number of aromatic nitrogens is 2. The Morgan fingerprint density at radius 3 is 2.84 bits per heavy atom. The topological polar surface area (TPSA) is 40.7 Å². The van der Waals surface area contributed by atoms with Crippen LogP contribution in [-0.4, -0.2) is 10.2 Å². The van der Waals surface area contributed by atoms with Crippen LogP contribution in [0.3, 0.4) is 0 Å². The number of fused-ring (bicyclic) bond motifs is 1. The lowest BCUT2D eigenvalue weighted by Gasteiger charge is -2.09. The summed E-state index contributed by atoms with van der Waals surface area (Å²) in [6.45, 7) is 0.615. The van der Waals surface area contributed by atoms with E-state index < -0.39 is 0 Å². The Labute approximate surface area is 120 Å². The van der Waals surface area contributed by atoms with Gasteiger partial charge in [0.1, 0.15) is 0 Å². The van der Waals surface area contributed by atoms with Gasteiger partial charge in [-0.05, 0) is 23.8 Å². The summed E-state index contributed by atoms with van der Waals surface area (Å²) in [4.78, 5) is 0. The molecule has 2 N–H and O–H groups in total. The lowest BCUT2D eigenvalue weighted by Crippen LogP contribution is -2.00. The number of benzene rings is 2. The third-order valence-corrected chi connectivity index (χ3v) is 3.84. The SMILES string of the molecule is Clc1cccc(CNc2cccc3[nH]ncc23)c1Cl. The van der Waals surface area contributed by atoms with Crippen LogP contribution in [0.25, 0.3) is 10.9 Å². The predicted octanol–water partition coefficient (Wildman–Crippen LogP) is 4.48. The summed E-state index contributed by atoms with van der Waals surface area (Å²) in [5.74, 6) is 0. The lowest BCUT2D eigenvalue weighted by atomic mass is 10.2. The molecular weight excluding hydrogens is 281 g/mol. The molecule has 1 aromatic heterocycles. The zero-order valence-corrected chi connectivity index (χ0v) is 11.5. The quantitative estimate of drug-likeness (QED) is 0.747. The normalized spacial score (nSPS) is 10.8. The molecule has 0 spiro atoms. The van der Waals surface area contributed by atoms with Crippen LogP contribution in [-0.2, 0) is 6.54 Å². The highest BCUT2D eigenvalue weighted by molar-refractivity contribution is 6.42. The van der Waals surface area contributed by atoms with E-state index >= 15 is 0 Å². The van der Waals surface area contributed by atoms with E-state index in [1.807, 2.05) is 30.3 Å². The second-order valence-electron chi connectivity index (χ2n) is 4.20. The van der Waals surface area contributed by atoms with Crippen molar-refractivity contribution in [3.8, 4) is 0 Å². The molecule has 0 fully saturated rings. The van der Waals surface area contributed by atoms with Crippen LogP contribution < -0.4 is 5.32 Å². The second-order valence-corrected chi connectivity index (χ2v) is 4.99. The smallest absolute Gasteiger partial charge is 0.0671 e. The molecule has 19 heavy (non-hydrogen) atoms. The maximum atomic E-state index is 6.17. The van der Waals surface area contributed by atoms with Gasteiger partial charge in [-0.3, -0.25) is 5.10 Å². The highest BCUT2D eigenvalue weighted by Crippen LogP contribution is 2.27. The van der Waals surface area contributed by atoms with Gasteiger partial charge in [-0.25, -0.2) is 0 Å². The summed E-state index contributed by atoms with van der Waals surface area (Å²) in [5.41, 5.74) is 2.99. The van der Waals surface area contributed by atoms with Crippen LogP contribution in [0.15, 0.2) is 42.6 Å². The zero-order chi connectivity index (χ0) is 13.2. The summed E-state index contributed by atoms with van der Waals surface area (Å²) in [7, 11) is 0. The van der Waals surface area contributed by atoms with E-state index in [0.29, 0.717) is 16.6 Å². The number of nitrogens with zero attached hydrogens (tertiary/aromatic N) is 1. The van der Waals surface area contributed by atoms with Gasteiger partial charge in [0.15, 0.2) is 0 Å². The Balaban J connectivity index is 1.86. The molecule has 0 radical (unpaired) electrons. The van der Waals surface area contributed by atoms with Crippen LogP contribution >= 0.6 is 23.2 Å². The fraction of sp³-hybridized carbons (Fsp3) is 0.0714. The molecule has 3 nitrogen and oxygen atoms in total. The van der Waals surface area contributed by atoms with E-state index in [1.54, 1.807) is 12.3 Å². The van der Waals surface area contributed by atoms with Gasteiger partial charge in [0, 0.05) is 17.6 Å². The van der Waals surface area contributed by atoms with Crippen molar-refractivity contribution in [3.63, 3.8) is 0 Å². The van der Waals surface area contributed by atoms with E-state index in [-0.39, 0.29) is 0 Å². The van der Waals surface area contributed by atoms with E-state index in [1.165, 1.54) is 0 Å². The van der Waals surface area contributed by atoms with Crippen LogP contribution in [0.4, 0.5) is 5.69 Å². The first kappa shape index (κ1) is 12.3. The third kappa shape index (κ3) is 2.39. The highest BCUT2D eigenvalue weighted by atomic mass is 35.5. The van der Waals surface area contributed by atoms with Gasteiger partial charge in [-0.2, -0.15) is 5.10 Å². The maximum absolute atomic E-state index is 6.17. The first-order chi connectivity index (χ1) is 9.25. The Morgan fingerprint density at radius 2 is 1.95 bits per heavy atom. The molecule has 96 valence electrons. The summed E-state index contributed by atoms with van der Waals surface area (Å²) >= 11 is 12.2. The minimum Gasteiger partial charge on any atom is -0.380 e. The van der Waals surface area contributed by atoms with Crippen molar-refractivity contribution in [3.05, 3.63) is 58.2 Å². The van der Waals surface area contributed by atoms with Gasteiger partial charge in [-0.15, -0.1) is 0 Å². The van der Waals surface area contributed by atoms with Crippen molar-refractivity contribution in [2.24, 2.45) is 0 Å². The molecule has 0 saturated heterocycles. The van der Waals surface area contributed by atoms with Crippen LogP contribution in [0.5, 0.6) is 0 Å². The first-order valence-electron chi connectivity index (χ1n) is 5.84. The van der Waals surface area contributed by atoms with E-state index in [4.69, 9.17) is 23.2 Å². The van der Waals surface area contributed by atoms with Gasteiger partial charge >= 0.3 is 0 Å². The molecule has 3 aromatic rings. The molecule has 0 aliphatic heterocycles. The number of halogens is 2. The molecular formula is C14H11Cl2N3. The van der Waals surface area contributed by atoms with Crippen molar-refractivity contribution >= 4 is 39.8 Å². The number of hydrogen-bond donors (Lipinski definition) is 2. The Morgan fingerprint density at radius 1 is 1.11 bits per heavy atom. The van der Waals surface area contributed by atoms with Crippen LogP contribution in [0, 0.1) is 0 Å². The predicted molar refractivity (Wildman–Crippen MR) is 79.9 cm³/mol. The van der Waals surface area contributed by atoms with Gasteiger partial charge in [0.25, 0.3) is 0 Å². The number of rotatable bonds is 3. The molecule has 0 aliphatic carbocycles. The number of aromatic amines is 1. The summed E-state index contributed by atoms with van der Waals surface area (Å²) in [6.07, 6.45) is 1.80. The van der Waals surface area contributed by atoms with Crippen molar-refractivity contribution in [2.45, 2.75) is 6.54 Å². The van der Waals surface area contributed by atoms with E-state index in [9.17, 15) is 0 Å². The van der Waals surface area contributed by atoms with Gasteiger partial charge in [0.2, 0.25) is 0 Å². The highest BCUT2D eigenvalue weighted by Gasteiger charge is 2.06. The van der Waals surface area contributed by atoms with E-state index in [2.05, 4.69) is 15.5 Å². The molecule has 2 aromatic carbocycles. The van der Waals surface area contributed by atoms with E-state index in [0.717, 1.165) is 22.2 Å². The molecule has 0 bridgehead atoms. The summed E-state index contributed by atoms with van der Waals surface area (Å²) < 4.78 is 0.